The van der Waals surface area contributed by atoms with Gasteiger partial charge in [0.2, 0.25) is 0 Å². The number of carbonyl (C=O) groups is 1. The largest absolute Gasteiger partial charge is 0.381 e. The molecule has 1 rings (SSSR count). The summed E-state index contributed by atoms with van der Waals surface area (Å²) in [7, 11) is 0. The maximum Gasteiger partial charge on any atom is 0.138 e. The van der Waals surface area contributed by atoms with Crippen LogP contribution in [0.2, 0.25) is 0 Å². The minimum Gasteiger partial charge on any atom is -0.381 e. The van der Waals surface area contributed by atoms with E-state index in [1.165, 1.54) is 0 Å². The molecule has 0 aromatic heterocycles. The average Bonchev–Trinajstić information content (AvgIpc) is 2.28. The number of carbonyl (C=O) groups excluding carboxylic acids is 1. The Morgan fingerprint density at radius 3 is 2.50 bits per heavy atom. The summed E-state index contributed by atoms with van der Waals surface area (Å²) in [6.07, 6.45) is 4.89. The number of rotatable bonds is 6. The Bertz CT molecular complexity index is 210. The van der Waals surface area contributed by atoms with Gasteiger partial charge in [0.25, 0.3) is 0 Å². The van der Waals surface area contributed by atoms with E-state index in [9.17, 15) is 4.79 Å². The zero-order valence-electron chi connectivity index (χ0n) is 10.6. The second kappa shape index (κ2) is 7.02. The maximum atomic E-state index is 12.1. The topological polar surface area (TPSA) is 52.3 Å². The summed E-state index contributed by atoms with van der Waals surface area (Å²) in [6.45, 7) is 5.58. The Balaban J connectivity index is 2.23. The third kappa shape index (κ3) is 4.62. The number of nitrogens with two attached hydrogens (primary N) is 1. The Morgan fingerprint density at radius 1 is 1.31 bits per heavy atom. The van der Waals surface area contributed by atoms with Crippen LogP contribution in [0.3, 0.4) is 0 Å². The summed E-state index contributed by atoms with van der Waals surface area (Å²) in [5.41, 5.74) is 5.70. The van der Waals surface area contributed by atoms with Crippen molar-refractivity contribution in [1.29, 1.82) is 0 Å². The van der Waals surface area contributed by atoms with Gasteiger partial charge in [-0.05, 0) is 32.6 Å². The summed E-state index contributed by atoms with van der Waals surface area (Å²) in [6, 6.07) is 0.255. The first-order valence-corrected chi connectivity index (χ1v) is 6.48. The third-order valence-corrected chi connectivity index (χ3v) is 3.41. The molecule has 0 amide bonds. The monoisotopic (exact) mass is 227 g/mol. The van der Waals surface area contributed by atoms with Gasteiger partial charge in [0.1, 0.15) is 5.78 Å². The van der Waals surface area contributed by atoms with Crippen LogP contribution >= 0.6 is 0 Å². The van der Waals surface area contributed by atoms with Crippen LogP contribution in [0.5, 0.6) is 0 Å². The van der Waals surface area contributed by atoms with Gasteiger partial charge in [-0.2, -0.15) is 0 Å². The lowest BCUT2D eigenvalue weighted by atomic mass is 9.86. The lowest BCUT2D eigenvalue weighted by Crippen LogP contribution is -2.28. The summed E-state index contributed by atoms with van der Waals surface area (Å²) >= 11 is 0. The van der Waals surface area contributed by atoms with Crippen LogP contribution in [-0.2, 0) is 9.53 Å². The highest BCUT2D eigenvalue weighted by molar-refractivity contribution is 5.83. The maximum absolute atomic E-state index is 12.1. The van der Waals surface area contributed by atoms with Crippen molar-refractivity contribution in [1.82, 2.24) is 0 Å². The van der Waals surface area contributed by atoms with Crippen LogP contribution in [0.1, 0.15) is 46.0 Å². The zero-order valence-corrected chi connectivity index (χ0v) is 10.6. The Morgan fingerprint density at radius 2 is 1.94 bits per heavy atom. The molecule has 0 bridgehead atoms. The molecule has 2 N–H and O–H groups in total. The molecule has 1 aliphatic rings. The summed E-state index contributed by atoms with van der Waals surface area (Å²) in [4.78, 5) is 12.1. The van der Waals surface area contributed by atoms with Gasteiger partial charge in [-0.3, -0.25) is 4.79 Å². The van der Waals surface area contributed by atoms with Gasteiger partial charge in [0.05, 0.1) is 0 Å². The minimum absolute atomic E-state index is 0.196. The van der Waals surface area contributed by atoms with Crippen molar-refractivity contribution < 1.29 is 9.53 Å². The molecule has 3 nitrogen and oxygen atoms in total. The lowest BCUT2D eigenvalue weighted by molar-refractivity contribution is -0.129. The Labute approximate surface area is 98.7 Å². The molecule has 1 heterocycles. The Hall–Kier alpha value is -0.410. The van der Waals surface area contributed by atoms with Gasteiger partial charge in [-0.15, -0.1) is 0 Å². The van der Waals surface area contributed by atoms with E-state index in [-0.39, 0.29) is 17.9 Å². The standard InChI is InChI=1S/C13H25NO2/c1-10(4-3-5-11(2)14)13(15)12-6-8-16-9-7-12/h10-12H,3-9,14H2,1-2H3. The van der Waals surface area contributed by atoms with Crippen LogP contribution in [-0.4, -0.2) is 25.0 Å². The molecule has 1 saturated heterocycles. The molecule has 16 heavy (non-hydrogen) atoms. The number of hydrogen-bond donors (Lipinski definition) is 1. The number of ketones is 1. The minimum atomic E-state index is 0.196. The van der Waals surface area contributed by atoms with Gasteiger partial charge in [0, 0.05) is 31.1 Å². The molecule has 0 saturated carbocycles. The van der Waals surface area contributed by atoms with Gasteiger partial charge in [-0.1, -0.05) is 13.3 Å². The molecule has 2 unspecified atom stereocenters. The first-order valence-electron chi connectivity index (χ1n) is 6.48. The molecule has 0 spiro atoms. The van der Waals surface area contributed by atoms with E-state index in [0.29, 0.717) is 5.78 Å². The van der Waals surface area contributed by atoms with E-state index in [2.05, 4.69) is 6.92 Å². The normalized spacial score (nSPS) is 21.7. The second-order valence-electron chi connectivity index (χ2n) is 5.10. The van der Waals surface area contributed by atoms with Gasteiger partial charge >= 0.3 is 0 Å². The van der Waals surface area contributed by atoms with Gasteiger partial charge in [-0.25, -0.2) is 0 Å². The molecular weight excluding hydrogens is 202 g/mol. The number of ether oxygens (including phenoxy) is 1. The van der Waals surface area contributed by atoms with E-state index in [1.54, 1.807) is 0 Å². The van der Waals surface area contributed by atoms with Crippen molar-refractivity contribution in [3.05, 3.63) is 0 Å². The summed E-state index contributed by atoms with van der Waals surface area (Å²) in [5, 5.41) is 0. The molecule has 0 aromatic carbocycles. The average molecular weight is 227 g/mol. The zero-order chi connectivity index (χ0) is 12.0. The highest BCUT2D eigenvalue weighted by Gasteiger charge is 2.25. The van der Waals surface area contributed by atoms with Crippen LogP contribution in [0, 0.1) is 11.8 Å². The molecule has 1 fully saturated rings. The number of hydrogen-bond acceptors (Lipinski definition) is 3. The van der Waals surface area contributed by atoms with Crippen molar-refractivity contribution in [3.8, 4) is 0 Å². The highest BCUT2D eigenvalue weighted by Crippen LogP contribution is 2.22. The molecule has 1 aliphatic heterocycles. The van der Waals surface area contributed by atoms with E-state index in [1.807, 2.05) is 6.92 Å². The Kier molecular flexibility index (Phi) is 5.99. The fourth-order valence-electron chi connectivity index (χ4n) is 2.27. The lowest BCUT2D eigenvalue weighted by Gasteiger charge is -2.23. The van der Waals surface area contributed by atoms with Crippen molar-refractivity contribution in [2.45, 2.75) is 52.0 Å². The summed E-state index contributed by atoms with van der Waals surface area (Å²) < 4.78 is 5.27. The molecule has 0 aliphatic carbocycles. The van der Waals surface area contributed by atoms with Crippen LogP contribution < -0.4 is 5.73 Å². The quantitative estimate of drug-likeness (QED) is 0.756. The molecule has 94 valence electrons. The predicted molar refractivity (Wildman–Crippen MR) is 65.2 cm³/mol. The SMILES string of the molecule is CC(N)CCCC(C)C(=O)C1CCOCC1. The van der Waals surface area contributed by atoms with Crippen LogP contribution in [0.25, 0.3) is 0 Å². The first kappa shape index (κ1) is 13.7. The summed E-state index contributed by atoms with van der Waals surface area (Å²) in [5.74, 6) is 0.883. The van der Waals surface area contributed by atoms with Gasteiger partial charge < -0.3 is 10.5 Å². The van der Waals surface area contributed by atoms with Crippen molar-refractivity contribution in [3.63, 3.8) is 0 Å². The molecule has 0 aromatic rings. The van der Waals surface area contributed by atoms with Gasteiger partial charge in [0.15, 0.2) is 0 Å². The first-order chi connectivity index (χ1) is 7.61. The molecule has 2 atom stereocenters. The van der Waals surface area contributed by atoms with E-state index >= 15 is 0 Å². The molecule has 0 radical (unpaired) electrons. The predicted octanol–water partition coefficient (Wildman–Crippen LogP) is 2.14. The smallest absolute Gasteiger partial charge is 0.138 e. The van der Waals surface area contributed by atoms with Crippen molar-refractivity contribution in [2.24, 2.45) is 17.6 Å². The van der Waals surface area contributed by atoms with E-state index in [4.69, 9.17) is 10.5 Å². The highest BCUT2D eigenvalue weighted by atomic mass is 16.5. The van der Waals surface area contributed by atoms with Crippen molar-refractivity contribution >= 4 is 5.78 Å². The third-order valence-electron chi connectivity index (χ3n) is 3.41. The van der Waals surface area contributed by atoms with Crippen LogP contribution in [0.4, 0.5) is 0 Å². The molecule has 3 heteroatoms. The van der Waals surface area contributed by atoms with Crippen LogP contribution in [0.15, 0.2) is 0 Å². The fourth-order valence-corrected chi connectivity index (χ4v) is 2.27. The molecular formula is C13H25NO2. The van der Waals surface area contributed by atoms with E-state index < -0.39 is 0 Å². The van der Waals surface area contributed by atoms with E-state index in [0.717, 1.165) is 45.3 Å². The fraction of sp³-hybridized carbons (Fsp3) is 0.923. The van der Waals surface area contributed by atoms with Crippen molar-refractivity contribution in [2.75, 3.05) is 13.2 Å². The number of Topliss-reactive ketones (excluding diaryl/α,β-unsaturated/α-hetero) is 1. The second-order valence-corrected chi connectivity index (χ2v) is 5.10.